The zero-order valence-electron chi connectivity index (χ0n) is 33.9. The molecule has 320 valence electrons. The SMILES string of the molecule is O=C(NS(=O)(=O)c1ccc(NCC2CCOCC2)c([N+](=O)[O-])c1)c1ccc(-c2ccc(N3CCC4(CCCN4c4ccccc4Br)CC3)cc2)cc1Oc1cnc2[nH]ccc2c1. The van der Waals surface area contributed by atoms with Gasteiger partial charge in [0.2, 0.25) is 0 Å². The van der Waals surface area contributed by atoms with Crippen molar-refractivity contribution < 1.29 is 27.6 Å². The first-order valence-corrected chi connectivity index (χ1v) is 23.1. The topological polar surface area (TPSA) is 172 Å². The number of nitro benzene ring substituents is 1. The minimum absolute atomic E-state index is 0.0573. The minimum Gasteiger partial charge on any atom is -0.455 e. The maximum absolute atomic E-state index is 13.9. The number of benzene rings is 4. The fourth-order valence-corrected chi connectivity index (χ4v) is 10.5. The number of aromatic nitrogens is 2. The van der Waals surface area contributed by atoms with Gasteiger partial charge in [-0.05, 0) is 132 Å². The number of nitrogens with zero attached hydrogens (tertiary/aromatic N) is 4. The number of sulfonamides is 1. The lowest BCUT2D eigenvalue weighted by atomic mass is 9.84. The highest BCUT2D eigenvalue weighted by Gasteiger charge is 2.43. The molecule has 4 aromatic carbocycles. The number of para-hydroxylation sites is 1. The molecular formula is C46H46BrN7O7S. The van der Waals surface area contributed by atoms with Gasteiger partial charge in [-0.25, -0.2) is 18.1 Å². The number of piperidine rings is 1. The van der Waals surface area contributed by atoms with E-state index in [1.165, 1.54) is 42.9 Å². The van der Waals surface area contributed by atoms with Gasteiger partial charge in [0.1, 0.15) is 22.8 Å². The number of amides is 1. The molecule has 0 saturated carbocycles. The van der Waals surface area contributed by atoms with Crippen LogP contribution in [0.15, 0.2) is 119 Å². The monoisotopic (exact) mass is 919 g/mol. The van der Waals surface area contributed by atoms with E-state index in [1.807, 2.05) is 18.2 Å². The van der Waals surface area contributed by atoms with Crippen LogP contribution in [-0.2, 0) is 14.8 Å². The van der Waals surface area contributed by atoms with Crippen LogP contribution in [0.4, 0.5) is 22.7 Å². The number of carbonyl (C=O) groups excluding carboxylic acids is 1. The van der Waals surface area contributed by atoms with E-state index in [0.29, 0.717) is 31.2 Å². The second kappa shape index (κ2) is 17.4. The van der Waals surface area contributed by atoms with Crippen LogP contribution in [0.2, 0.25) is 0 Å². The second-order valence-corrected chi connectivity index (χ2v) is 18.7. The van der Waals surface area contributed by atoms with Gasteiger partial charge in [-0.15, -0.1) is 0 Å². The third-order valence-corrected chi connectivity index (χ3v) is 14.5. The molecule has 0 bridgehead atoms. The van der Waals surface area contributed by atoms with E-state index in [9.17, 15) is 23.3 Å². The fourth-order valence-electron chi connectivity index (χ4n) is 9.05. The highest BCUT2D eigenvalue weighted by Crippen LogP contribution is 2.44. The lowest BCUT2D eigenvalue weighted by Gasteiger charge is -2.47. The summed E-state index contributed by atoms with van der Waals surface area (Å²) < 4.78 is 42.3. The van der Waals surface area contributed by atoms with Crippen LogP contribution in [0.25, 0.3) is 22.2 Å². The van der Waals surface area contributed by atoms with Gasteiger partial charge in [-0.1, -0.05) is 30.3 Å². The summed E-state index contributed by atoms with van der Waals surface area (Å²) in [4.78, 5) is 37.4. The largest absolute Gasteiger partial charge is 0.455 e. The third kappa shape index (κ3) is 8.59. The normalized spacial score (nSPS) is 16.7. The van der Waals surface area contributed by atoms with Crippen molar-refractivity contribution in [1.82, 2.24) is 14.7 Å². The Morgan fingerprint density at radius 1 is 0.952 bits per heavy atom. The first-order chi connectivity index (χ1) is 30.0. The number of H-pyrrole nitrogens is 1. The summed E-state index contributed by atoms with van der Waals surface area (Å²) in [5.74, 6) is -0.259. The minimum atomic E-state index is -4.56. The molecule has 16 heteroatoms. The molecule has 3 N–H and O–H groups in total. The van der Waals surface area contributed by atoms with Gasteiger partial charge in [0.25, 0.3) is 21.6 Å². The van der Waals surface area contributed by atoms with Crippen molar-refractivity contribution in [2.24, 2.45) is 5.92 Å². The maximum atomic E-state index is 13.9. The first-order valence-electron chi connectivity index (χ1n) is 20.9. The third-order valence-electron chi connectivity index (χ3n) is 12.5. The average molecular weight is 921 g/mol. The van der Waals surface area contributed by atoms with Crippen molar-refractivity contribution >= 4 is 65.6 Å². The summed E-state index contributed by atoms with van der Waals surface area (Å²) in [6, 6.07) is 28.9. The van der Waals surface area contributed by atoms with Crippen LogP contribution in [0.5, 0.6) is 11.5 Å². The predicted octanol–water partition coefficient (Wildman–Crippen LogP) is 9.29. The van der Waals surface area contributed by atoms with Gasteiger partial charge in [-0.3, -0.25) is 14.9 Å². The number of rotatable bonds is 12. The van der Waals surface area contributed by atoms with E-state index in [-0.39, 0.29) is 28.5 Å². The lowest BCUT2D eigenvalue weighted by molar-refractivity contribution is -0.384. The smallest absolute Gasteiger partial charge is 0.293 e. The summed E-state index contributed by atoms with van der Waals surface area (Å²) >= 11 is 3.78. The Bertz CT molecular complexity index is 2730. The van der Waals surface area contributed by atoms with E-state index < -0.39 is 31.4 Å². The number of nitrogens with one attached hydrogen (secondary N) is 3. The summed E-state index contributed by atoms with van der Waals surface area (Å²) in [6.45, 7) is 4.67. The fraction of sp³-hybridized carbons (Fsp3) is 0.304. The molecule has 3 aliphatic heterocycles. The van der Waals surface area contributed by atoms with Gasteiger partial charge in [0, 0.05) is 72.7 Å². The Morgan fingerprint density at radius 3 is 2.50 bits per heavy atom. The van der Waals surface area contributed by atoms with Crippen LogP contribution < -0.4 is 24.6 Å². The second-order valence-electron chi connectivity index (χ2n) is 16.2. The molecule has 62 heavy (non-hydrogen) atoms. The average Bonchev–Trinajstić information content (AvgIpc) is 3.93. The van der Waals surface area contributed by atoms with Crippen molar-refractivity contribution in [3.05, 3.63) is 130 Å². The Labute approximate surface area is 368 Å². The molecule has 14 nitrogen and oxygen atoms in total. The Balaban J connectivity index is 0.939. The van der Waals surface area contributed by atoms with Crippen molar-refractivity contribution in [2.75, 3.05) is 54.5 Å². The molecule has 1 amide bonds. The van der Waals surface area contributed by atoms with E-state index in [2.05, 4.69) is 82.1 Å². The lowest BCUT2D eigenvalue weighted by Crippen LogP contribution is -2.52. The van der Waals surface area contributed by atoms with Crippen molar-refractivity contribution in [1.29, 1.82) is 0 Å². The Kier molecular flexibility index (Phi) is 11.6. The highest BCUT2D eigenvalue weighted by atomic mass is 79.9. The van der Waals surface area contributed by atoms with Gasteiger partial charge >= 0.3 is 0 Å². The quantitative estimate of drug-likeness (QED) is 0.0789. The molecule has 3 saturated heterocycles. The zero-order chi connectivity index (χ0) is 42.8. The number of hydrogen-bond acceptors (Lipinski definition) is 11. The summed E-state index contributed by atoms with van der Waals surface area (Å²) in [6.07, 6.45) is 9.41. The van der Waals surface area contributed by atoms with Gasteiger partial charge in [-0.2, -0.15) is 0 Å². The zero-order valence-corrected chi connectivity index (χ0v) is 36.3. The Morgan fingerprint density at radius 2 is 1.73 bits per heavy atom. The number of pyridine rings is 1. The predicted molar refractivity (Wildman–Crippen MR) is 243 cm³/mol. The number of halogens is 1. The van der Waals surface area contributed by atoms with Gasteiger partial charge in [0.15, 0.2) is 0 Å². The molecule has 0 unspecified atom stereocenters. The van der Waals surface area contributed by atoms with E-state index in [4.69, 9.17) is 9.47 Å². The van der Waals surface area contributed by atoms with Crippen molar-refractivity contribution in [3.63, 3.8) is 0 Å². The molecule has 0 aliphatic carbocycles. The maximum Gasteiger partial charge on any atom is 0.293 e. The molecule has 5 heterocycles. The van der Waals surface area contributed by atoms with Gasteiger partial charge in [0.05, 0.1) is 27.3 Å². The molecule has 0 radical (unpaired) electrons. The number of hydrogen-bond donors (Lipinski definition) is 3. The van der Waals surface area contributed by atoms with Crippen LogP contribution in [0, 0.1) is 16.0 Å². The Hall–Kier alpha value is -5.97. The number of ether oxygens (including phenoxy) is 2. The van der Waals surface area contributed by atoms with Crippen LogP contribution in [0.1, 0.15) is 48.9 Å². The molecule has 0 atom stereocenters. The number of fused-ring (bicyclic) bond motifs is 1. The number of anilines is 3. The summed E-state index contributed by atoms with van der Waals surface area (Å²) in [5.41, 5.74) is 4.53. The van der Waals surface area contributed by atoms with Crippen molar-refractivity contribution in [2.45, 2.75) is 49.0 Å². The standard InChI is InChI=1S/C46H46BrN7O7S/c47-39-4-1-2-5-41(39)53-21-3-17-46(53)18-22-52(23-19-46)35-9-6-32(7-10-35)33-8-12-38(43(27-33)61-36-26-34-14-20-48-44(34)50-30-36)45(55)51-62(58,59)37-11-13-40(42(28-37)54(56)57)49-29-31-15-24-60-25-16-31/h1-2,4-14,20,26-28,30-31,49H,3,15-19,21-25,29H2,(H,48,50)(H,51,55). The molecule has 6 aromatic rings. The van der Waals surface area contributed by atoms with Crippen LogP contribution >= 0.6 is 15.9 Å². The van der Waals surface area contributed by atoms with Crippen molar-refractivity contribution in [3.8, 4) is 22.6 Å². The number of nitro groups is 1. The number of aromatic amines is 1. The molecule has 3 fully saturated rings. The molecule has 1 spiro atoms. The molecule has 2 aromatic heterocycles. The van der Waals surface area contributed by atoms with E-state index in [0.717, 1.165) is 78.1 Å². The molecular weight excluding hydrogens is 875 g/mol. The summed E-state index contributed by atoms with van der Waals surface area (Å²) in [7, 11) is -4.56. The molecule has 9 rings (SSSR count). The molecule has 3 aliphatic rings. The van der Waals surface area contributed by atoms with Crippen LogP contribution in [-0.4, -0.2) is 74.1 Å². The van der Waals surface area contributed by atoms with E-state index >= 15 is 0 Å². The van der Waals surface area contributed by atoms with E-state index in [1.54, 1.807) is 24.4 Å². The summed E-state index contributed by atoms with van der Waals surface area (Å²) in [5, 5.41) is 16.0. The van der Waals surface area contributed by atoms with Crippen LogP contribution in [0.3, 0.4) is 0 Å². The van der Waals surface area contributed by atoms with Gasteiger partial charge < -0.3 is 29.6 Å². The number of carbonyl (C=O) groups is 1. The highest BCUT2D eigenvalue weighted by molar-refractivity contribution is 9.10. The first kappa shape index (κ1) is 41.4.